The number of nitrogens with zero attached hydrogens (tertiary/aromatic N) is 2. The van der Waals surface area contributed by atoms with Gasteiger partial charge in [0, 0.05) is 25.2 Å². The third kappa shape index (κ3) is 4.58. The van der Waals surface area contributed by atoms with E-state index in [9.17, 15) is 14.7 Å². The van der Waals surface area contributed by atoms with Crippen molar-refractivity contribution in [1.82, 2.24) is 15.1 Å². The van der Waals surface area contributed by atoms with E-state index in [1.54, 1.807) is 0 Å². The van der Waals surface area contributed by atoms with Crippen molar-refractivity contribution in [2.75, 3.05) is 0 Å². The molecule has 6 nitrogen and oxygen atoms in total. The molecule has 1 amide bonds. The number of aryl methyl sites for hydroxylation is 2. The predicted molar refractivity (Wildman–Crippen MR) is 91.8 cm³/mol. The highest BCUT2D eigenvalue weighted by atomic mass is 16.4. The van der Waals surface area contributed by atoms with Gasteiger partial charge < -0.3 is 10.4 Å². The average molecular weight is 335 g/mol. The minimum absolute atomic E-state index is 0.0607. The zero-order valence-electron chi connectivity index (χ0n) is 15.0. The second kappa shape index (κ2) is 8.31. The standard InChI is InChI=1S/C18H29N3O3/c1-12-14(13(2)21(3)20-12)10-11-17(22)19-16-9-7-5-4-6-8-15(16)18(23)24/h15-16H,4-11H2,1-3H3,(H,19,22)(H,23,24). The summed E-state index contributed by atoms with van der Waals surface area (Å²) < 4.78 is 1.83. The van der Waals surface area contributed by atoms with E-state index >= 15 is 0 Å². The molecule has 1 aromatic heterocycles. The number of carbonyl (C=O) groups is 2. The molecule has 1 heterocycles. The first kappa shape index (κ1) is 18.5. The monoisotopic (exact) mass is 335 g/mol. The zero-order valence-corrected chi connectivity index (χ0v) is 15.0. The second-order valence-corrected chi connectivity index (χ2v) is 6.88. The lowest BCUT2D eigenvalue weighted by atomic mass is 9.86. The molecule has 1 saturated carbocycles. The minimum Gasteiger partial charge on any atom is -0.481 e. The fourth-order valence-corrected chi connectivity index (χ4v) is 3.65. The largest absolute Gasteiger partial charge is 0.481 e. The van der Waals surface area contributed by atoms with E-state index in [1.165, 1.54) is 0 Å². The highest BCUT2D eigenvalue weighted by Crippen LogP contribution is 2.23. The number of nitrogens with one attached hydrogen (secondary N) is 1. The first-order valence-electron chi connectivity index (χ1n) is 8.91. The Labute approximate surface area is 143 Å². The van der Waals surface area contributed by atoms with Crippen LogP contribution in [0.5, 0.6) is 0 Å². The minimum atomic E-state index is -0.791. The van der Waals surface area contributed by atoms with E-state index in [0.29, 0.717) is 19.3 Å². The van der Waals surface area contributed by atoms with E-state index < -0.39 is 11.9 Å². The Kier molecular flexibility index (Phi) is 6.40. The van der Waals surface area contributed by atoms with Crippen LogP contribution in [0.15, 0.2) is 0 Å². The van der Waals surface area contributed by atoms with Gasteiger partial charge in [-0.05, 0) is 38.7 Å². The smallest absolute Gasteiger partial charge is 0.308 e. The summed E-state index contributed by atoms with van der Waals surface area (Å²) in [6.45, 7) is 3.96. The lowest BCUT2D eigenvalue weighted by Gasteiger charge is -2.27. The molecule has 0 saturated heterocycles. The number of aromatic nitrogens is 2. The SMILES string of the molecule is Cc1nn(C)c(C)c1CCC(=O)NC1CCCCCCC1C(=O)O. The Balaban J connectivity index is 1.94. The van der Waals surface area contributed by atoms with Gasteiger partial charge in [-0.2, -0.15) is 5.10 Å². The van der Waals surface area contributed by atoms with Gasteiger partial charge in [0.05, 0.1) is 11.6 Å². The Morgan fingerprint density at radius 3 is 2.46 bits per heavy atom. The van der Waals surface area contributed by atoms with Crippen molar-refractivity contribution < 1.29 is 14.7 Å². The zero-order chi connectivity index (χ0) is 17.7. The average Bonchev–Trinajstić information content (AvgIpc) is 2.72. The van der Waals surface area contributed by atoms with E-state index in [2.05, 4.69) is 10.4 Å². The highest BCUT2D eigenvalue weighted by molar-refractivity contribution is 5.78. The van der Waals surface area contributed by atoms with Crippen LogP contribution < -0.4 is 5.32 Å². The van der Waals surface area contributed by atoms with E-state index in [-0.39, 0.29) is 11.9 Å². The molecule has 1 aromatic rings. The molecule has 2 N–H and O–H groups in total. The van der Waals surface area contributed by atoms with Crippen LogP contribution in [-0.4, -0.2) is 32.8 Å². The molecule has 2 unspecified atom stereocenters. The Bertz CT molecular complexity index is 595. The van der Waals surface area contributed by atoms with E-state index in [1.807, 2.05) is 25.6 Å². The van der Waals surface area contributed by atoms with Gasteiger partial charge in [0.25, 0.3) is 0 Å². The van der Waals surface area contributed by atoms with Gasteiger partial charge in [-0.25, -0.2) is 0 Å². The van der Waals surface area contributed by atoms with Crippen LogP contribution in [0, 0.1) is 19.8 Å². The summed E-state index contributed by atoms with van der Waals surface area (Å²) in [4.78, 5) is 23.9. The third-order valence-corrected chi connectivity index (χ3v) is 5.19. The van der Waals surface area contributed by atoms with Gasteiger partial charge in [0.15, 0.2) is 0 Å². The molecule has 0 spiro atoms. The summed E-state index contributed by atoms with van der Waals surface area (Å²) >= 11 is 0. The van der Waals surface area contributed by atoms with Gasteiger partial charge in [0.2, 0.25) is 5.91 Å². The number of amides is 1. The van der Waals surface area contributed by atoms with E-state index in [0.717, 1.165) is 49.1 Å². The van der Waals surface area contributed by atoms with Gasteiger partial charge in [0.1, 0.15) is 0 Å². The van der Waals surface area contributed by atoms with Crippen LogP contribution in [0.4, 0.5) is 0 Å². The van der Waals surface area contributed by atoms with Crippen molar-refractivity contribution in [2.45, 2.75) is 71.3 Å². The molecular formula is C18H29N3O3. The lowest BCUT2D eigenvalue weighted by Crippen LogP contribution is -2.44. The molecular weight excluding hydrogens is 306 g/mol. The third-order valence-electron chi connectivity index (χ3n) is 5.19. The van der Waals surface area contributed by atoms with Crippen molar-refractivity contribution in [2.24, 2.45) is 13.0 Å². The topological polar surface area (TPSA) is 84.2 Å². The fraction of sp³-hybridized carbons (Fsp3) is 0.722. The quantitative estimate of drug-likeness (QED) is 0.866. The summed E-state index contributed by atoms with van der Waals surface area (Å²) in [5, 5.41) is 16.8. The van der Waals surface area contributed by atoms with Crippen molar-refractivity contribution in [3.8, 4) is 0 Å². The van der Waals surface area contributed by atoms with Gasteiger partial charge in [-0.15, -0.1) is 0 Å². The maximum Gasteiger partial charge on any atom is 0.308 e. The second-order valence-electron chi connectivity index (χ2n) is 6.88. The van der Waals surface area contributed by atoms with Crippen LogP contribution in [-0.2, 0) is 23.1 Å². The summed E-state index contributed by atoms with van der Waals surface area (Å²) in [7, 11) is 1.90. The number of hydrogen-bond donors (Lipinski definition) is 2. The number of carboxylic acid groups (broad SMARTS) is 1. The first-order valence-corrected chi connectivity index (χ1v) is 8.91. The number of carbonyl (C=O) groups excluding carboxylic acids is 1. The molecule has 0 radical (unpaired) electrons. The maximum absolute atomic E-state index is 12.3. The molecule has 134 valence electrons. The molecule has 0 aromatic carbocycles. The van der Waals surface area contributed by atoms with Gasteiger partial charge in [-0.3, -0.25) is 14.3 Å². The van der Waals surface area contributed by atoms with Crippen LogP contribution in [0.3, 0.4) is 0 Å². The predicted octanol–water partition coefficient (Wildman–Crippen LogP) is 2.51. The van der Waals surface area contributed by atoms with Gasteiger partial charge >= 0.3 is 5.97 Å². The van der Waals surface area contributed by atoms with Crippen molar-refractivity contribution in [3.63, 3.8) is 0 Å². The Hall–Kier alpha value is -1.85. The number of hydrogen-bond acceptors (Lipinski definition) is 3. The molecule has 6 heteroatoms. The summed E-state index contributed by atoms with van der Waals surface area (Å²) in [6.07, 6.45) is 6.54. The van der Waals surface area contributed by atoms with Crippen LogP contribution in [0.25, 0.3) is 0 Å². The molecule has 2 atom stereocenters. The van der Waals surface area contributed by atoms with Crippen LogP contribution in [0.1, 0.15) is 61.9 Å². The molecule has 2 rings (SSSR count). The van der Waals surface area contributed by atoms with Crippen molar-refractivity contribution in [3.05, 3.63) is 17.0 Å². The Morgan fingerprint density at radius 1 is 1.21 bits per heavy atom. The fourth-order valence-electron chi connectivity index (χ4n) is 3.65. The summed E-state index contributed by atoms with van der Waals surface area (Å²) in [5.41, 5.74) is 3.15. The van der Waals surface area contributed by atoms with Crippen LogP contribution in [0.2, 0.25) is 0 Å². The van der Waals surface area contributed by atoms with Gasteiger partial charge in [-0.1, -0.05) is 25.7 Å². The molecule has 1 fully saturated rings. The Morgan fingerprint density at radius 2 is 1.88 bits per heavy atom. The molecule has 0 aliphatic heterocycles. The van der Waals surface area contributed by atoms with Crippen molar-refractivity contribution >= 4 is 11.9 Å². The number of rotatable bonds is 5. The first-order chi connectivity index (χ1) is 11.4. The molecule has 1 aliphatic carbocycles. The molecule has 1 aliphatic rings. The lowest BCUT2D eigenvalue weighted by molar-refractivity contribution is -0.143. The normalized spacial score (nSPS) is 21.8. The molecule has 24 heavy (non-hydrogen) atoms. The summed E-state index contributed by atoms with van der Waals surface area (Å²) in [5.74, 6) is -1.31. The maximum atomic E-state index is 12.3. The number of carboxylic acids is 1. The summed E-state index contributed by atoms with van der Waals surface area (Å²) in [6, 6.07) is -0.244. The van der Waals surface area contributed by atoms with Crippen molar-refractivity contribution in [1.29, 1.82) is 0 Å². The molecule has 0 bridgehead atoms. The highest BCUT2D eigenvalue weighted by Gasteiger charge is 2.29. The number of aliphatic carboxylic acids is 1. The van der Waals surface area contributed by atoms with E-state index in [4.69, 9.17) is 0 Å². The van der Waals surface area contributed by atoms with Crippen LogP contribution >= 0.6 is 0 Å².